The molecule has 1 saturated heterocycles. The number of hydrogen-bond acceptors (Lipinski definition) is 4. The van der Waals surface area contributed by atoms with Crippen molar-refractivity contribution in [1.29, 1.82) is 0 Å². The summed E-state index contributed by atoms with van der Waals surface area (Å²) in [5, 5.41) is 9.23. The SMILES string of the molecule is CCN(CC)S(=O)(=O)c1cc(C(=O)N2C[C@@H](C)[C@H](C(=O)O)C2)ccc1C. The Morgan fingerprint density at radius 3 is 2.35 bits per heavy atom. The zero-order valence-electron chi connectivity index (χ0n) is 15.6. The fourth-order valence-electron chi connectivity index (χ4n) is 3.35. The Kier molecular flexibility index (Phi) is 6.08. The first-order valence-corrected chi connectivity index (χ1v) is 10.2. The first-order chi connectivity index (χ1) is 12.1. The van der Waals surface area contributed by atoms with E-state index in [1.165, 1.54) is 15.3 Å². The summed E-state index contributed by atoms with van der Waals surface area (Å²) in [5.41, 5.74) is 0.839. The lowest BCUT2D eigenvalue weighted by Gasteiger charge is -2.21. The first kappa shape index (κ1) is 20.4. The minimum Gasteiger partial charge on any atom is -0.481 e. The predicted octanol–water partition coefficient (Wildman–Crippen LogP) is 1.82. The molecule has 0 aliphatic carbocycles. The molecule has 1 heterocycles. The summed E-state index contributed by atoms with van der Waals surface area (Å²) in [6, 6.07) is 4.62. The summed E-state index contributed by atoms with van der Waals surface area (Å²) in [5.74, 6) is -1.98. The number of aryl methyl sites for hydroxylation is 1. The topological polar surface area (TPSA) is 95.0 Å². The number of benzene rings is 1. The highest BCUT2D eigenvalue weighted by Crippen LogP contribution is 2.27. The van der Waals surface area contributed by atoms with Crippen LogP contribution in [0, 0.1) is 18.8 Å². The lowest BCUT2D eigenvalue weighted by Crippen LogP contribution is -2.32. The number of carboxylic acids is 1. The second kappa shape index (κ2) is 7.75. The van der Waals surface area contributed by atoms with E-state index < -0.39 is 21.9 Å². The fourth-order valence-corrected chi connectivity index (χ4v) is 5.06. The minimum absolute atomic E-state index is 0.120. The predicted molar refractivity (Wildman–Crippen MR) is 97.5 cm³/mol. The second-order valence-corrected chi connectivity index (χ2v) is 8.61. The average molecular weight is 382 g/mol. The van der Waals surface area contributed by atoms with E-state index in [2.05, 4.69) is 0 Å². The largest absolute Gasteiger partial charge is 0.481 e. The number of carbonyl (C=O) groups is 2. The molecule has 1 aromatic carbocycles. The van der Waals surface area contributed by atoms with Crippen LogP contribution in [0.2, 0.25) is 0 Å². The van der Waals surface area contributed by atoms with Crippen molar-refractivity contribution in [3.8, 4) is 0 Å². The summed E-state index contributed by atoms with van der Waals surface area (Å²) in [6.07, 6.45) is 0. The summed E-state index contributed by atoms with van der Waals surface area (Å²) < 4.78 is 27.0. The Balaban J connectivity index is 2.35. The number of carbonyl (C=O) groups excluding carboxylic acids is 1. The van der Waals surface area contributed by atoms with Gasteiger partial charge in [-0.3, -0.25) is 9.59 Å². The van der Waals surface area contributed by atoms with Crippen LogP contribution in [-0.2, 0) is 14.8 Å². The Morgan fingerprint density at radius 1 is 1.23 bits per heavy atom. The van der Waals surface area contributed by atoms with Gasteiger partial charge in [0.15, 0.2) is 0 Å². The van der Waals surface area contributed by atoms with E-state index in [1.54, 1.807) is 39.8 Å². The third-order valence-electron chi connectivity index (χ3n) is 4.98. The van der Waals surface area contributed by atoms with Crippen LogP contribution in [0.5, 0.6) is 0 Å². The van der Waals surface area contributed by atoms with Crippen LogP contribution in [0.25, 0.3) is 0 Å². The smallest absolute Gasteiger partial charge is 0.308 e. The van der Waals surface area contributed by atoms with Crippen LogP contribution in [0.4, 0.5) is 0 Å². The molecular formula is C18H26N2O5S. The molecule has 1 aliphatic heterocycles. The number of nitrogens with zero attached hydrogens (tertiary/aromatic N) is 2. The molecule has 1 aliphatic rings. The van der Waals surface area contributed by atoms with Gasteiger partial charge in [-0.2, -0.15) is 4.31 Å². The standard InChI is InChI=1S/C18H26N2O5S/c1-5-20(6-2)26(24,25)16-9-14(8-7-12(16)3)17(21)19-10-13(4)15(11-19)18(22)23/h7-9,13,15H,5-6,10-11H2,1-4H3,(H,22,23)/t13-,15-/m1/s1. The van der Waals surface area contributed by atoms with Crippen LogP contribution in [0.15, 0.2) is 23.1 Å². The normalized spacial score (nSPS) is 20.6. The molecule has 0 saturated carbocycles. The van der Waals surface area contributed by atoms with E-state index in [9.17, 15) is 23.1 Å². The summed E-state index contributed by atoms with van der Waals surface area (Å²) in [4.78, 5) is 25.7. The van der Waals surface area contributed by atoms with Crippen LogP contribution in [-0.4, -0.2) is 60.8 Å². The van der Waals surface area contributed by atoms with Crippen molar-refractivity contribution in [3.63, 3.8) is 0 Å². The number of rotatable bonds is 6. The van der Waals surface area contributed by atoms with Gasteiger partial charge in [0.25, 0.3) is 5.91 Å². The molecular weight excluding hydrogens is 356 g/mol. The summed E-state index contributed by atoms with van der Waals surface area (Å²) >= 11 is 0. The number of carboxylic acid groups (broad SMARTS) is 1. The van der Waals surface area contributed by atoms with Gasteiger partial charge in [-0.15, -0.1) is 0 Å². The monoisotopic (exact) mass is 382 g/mol. The lowest BCUT2D eigenvalue weighted by atomic mass is 9.99. The zero-order valence-corrected chi connectivity index (χ0v) is 16.4. The fraction of sp³-hybridized carbons (Fsp3) is 0.556. The van der Waals surface area contributed by atoms with Gasteiger partial charge < -0.3 is 10.0 Å². The molecule has 1 fully saturated rings. The van der Waals surface area contributed by atoms with Crippen LogP contribution in [0.1, 0.15) is 36.7 Å². The molecule has 0 bridgehead atoms. The number of sulfonamides is 1. The second-order valence-electron chi connectivity index (χ2n) is 6.70. The number of aliphatic carboxylic acids is 1. The van der Waals surface area contributed by atoms with Gasteiger partial charge in [0, 0.05) is 31.7 Å². The summed E-state index contributed by atoms with van der Waals surface area (Å²) in [6.45, 7) is 8.22. The maximum absolute atomic E-state index is 12.8. The van der Waals surface area contributed by atoms with Gasteiger partial charge in [0.05, 0.1) is 10.8 Å². The van der Waals surface area contributed by atoms with E-state index in [0.717, 1.165) is 0 Å². The lowest BCUT2D eigenvalue weighted by molar-refractivity contribution is -0.142. The Hall–Kier alpha value is -1.93. The molecule has 0 spiro atoms. The van der Waals surface area contributed by atoms with Crippen molar-refractivity contribution in [1.82, 2.24) is 9.21 Å². The average Bonchev–Trinajstić information content (AvgIpc) is 2.97. The number of amides is 1. The van der Waals surface area contributed by atoms with E-state index in [1.807, 2.05) is 0 Å². The van der Waals surface area contributed by atoms with Crippen LogP contribution in [0.3, 0.4) is 0 Å². The van der Waals surface area contributed by atoms with Gasteiger partial charge in [0.2, 0.25) is 10.0 Å². The van der Waals surface area contributed by atoms with Gasteiger partial charge in [-0.25, -0.2) is 8.42 Å². The first-order valence-electron chi connectivity index (χ1n) is 8.76. The molecule has 0 unspecified atom stereocenters. The van der Waals surface area contributed by atoms with Crippen molar-refractivity contribution in [3.05, 3.63) is 29.3 Å². The molecule has 7 nitrogen and oxygen atoms in total. The van der Waals surface area contributed by atoms with Gasteiger partial charge in [-0.05, 0) is 30.5 Å². The van der Waals surface area contributed by atoms with Crippen molar-refractivity contribution in [2.45, 2.75) is 32.6 Å². The highest BCUT2D eigenvalue weighted by molar-refractivity contribution is 7.89. The van der Waals surface area contributed by atoms with Crippen molar-refractivity contribution < 1.29 is 23.1 Å². The molecule has 0 radical (unpaired) electrons. The Morgan fingerprint density at radius 2 is 1.85 bits per heavy atom. The molecule has 2 atom stereocenters. The molecule has 0 aromatic heterocycles. The van der Waals surface area contributed by atoms with E-state index in [-0.39, 0.29) is 28.8 Å². The van der Waals surface area contributed by atoms with Crippen LogP contribution < -0.4 is 0 Å². The van der Waals surface area contributed by atoms with Crippen molar-refractivity contribution in [2.75, 3.05) is 26.2 Å². The molecule has 8 heteroatoms. The quantitative estimate of drug-likeness (QED) is 0.810. The van der Waals surface area contributed by atoms with Crippen molar-refractivity contribution >= 4 is 21.9 Å². The molecule has 1 amide bonds. The third kappa shape index (κ3) is 3.76. The highest BCUT2D eigenvalue weighted by atomic mass is 32.2. The van der Waals surface area contributed by atoms with Gasteiger partial charge >= 0.3 is 5.97 Å². The minimum atomic E-state index is -3.68. The van der Waals surface area contributed by atoms with Gasteiger partial charge in [0.1, 0.15) is 0 Å². The highest BCUT2D eigenvalue weighted by Gasteiger charge is 2.37. The van der Waals surface area contributed by atoms with Crippen molar-refractivity contribution in [2.24, 2.45) is 11.8 Å². The molecule has 2 rings (SSSR count). The Bertz CT molecular complexity index is 802. The molecule has 144 valence electrons. The van der Waals surface area contributed by atoms with Gasteiger partial charge in [-0.1, -0.05) is 26.8 Å². The summed E-state index contributed by atoms with van der Waals surface area (Å²) in [7, 11) is -3.68. The zero-order chi connectivity index (χ0) is 19.6. The molecule has 1 N–H and O–H groups in total. The number of hydrogen-bond donors (Lipinski definition) is 1. The maximum Gasteiger partial charge on any atom is 0.308 e. The van der Waals surface area contributed by atoms with E-state index in [0.29, 0.717) is 25.2 Å². The van der Waals surface area contributed by atoms with E-state index in [4.69, 9.17) is 0 Å². The van der Waals surface area contributed by atoms with E-state index >= 15 is 0 Å². The Labute approximate surface area is 154 Å². The number of likely N-dealkylation sites (tertiary alicyclic amines) is 1. The third-order valence-corrected chi connectivity index (χ3v) is 7.17. The molecule has 1 aromatic rings. The maximum atomic E-state index is 12.8. The van der Waals surface area contributed by atoms with Crippen LogP contribution >= 0.6 is 0 Å². The molecule has 26 heavy (non-hydrogen) atoms.